The van der Waals surface area contributed by atoms with Crippen molar-refractivity contribution in [2.24, 2.45) is 0 Å². The minimum Gasteiger partial charge on any atom is -0.497 e. The van der Waals surface area contributed by atoms with E-state index in [1.54, 1.807) is 14.2 Å². The van der Waals surface area contributed by atoms with Crippen LogP contribution in [0.3, 0.4) is 0 Å². The second-order valence-corrected chi connectivity index (χ2v) is 5.64. The summed E-state index contributed by atoms with van der Waals surface area (Å²) in [7, 11) is 3.29. The summed E-state index contributed by atoms with van der Waals surface area (Å²) in [6.07, 6.45) is 0. The predicted octanol–water partition coefficient (Wildman–Crippen LogP) is 2.97. The zero-order valence-corrected chi connectivity index (χ0v) is 13.7. The van der Waals surface area contributed by atoms with Gasteiger partial charge in [-0.3, -0.25) is 0 Å². The molecule has 118 valence electrons. The van der Waals surface area contributed by atoms with Crippen molar-refractivity contribution in [1.29, 1.82) is 0 Å². The van der Waals surface area contributed by atoms with Crippen molar-refractivity contribution in [1.82, 2.24) is 20.2 Å². The van der Waals surface area contributed by atoms with Crippen LogP contribution < -0.4 is 9.47 Å². The van der Waals surface area contributed by atoms with Crippen LogP contribution in [0.4, 0.5) is 0 Å². The topological polar surface area (TPSA) is 62.1 Å². The molecule has 23 heavy (non-hydrogen) atoms. The number of nitrogens with zero attached hydrogens (tertiary/aromatic N) is 4. The molecule has 1 heterocycles. The fourth-order valence-corrected chi connectivity index (χ4v) is 2.67. The number of aromatic nitrogens is 4. The minimum absolute atomic E-state index is 0.636. The Balaban J connectivity index is 1.64. The maximum absolute atomic E-state index is 5.15. The number of tetrazole rings is 1. The SMILES string of the molecule is COc1ccc(CSc2nnn(-c3ccc(OC)cc3)n2)cc1. The van der Waals surface area contributed by atoms with Crippen LogP contribution in [0.5, 0.6) is 11.5 Å². The highest BCUT2D eigenvalue weighted by Gasteiger charge is 2.06. The van der Waals surface area contributed by atoms with Gasteiger partial charge in [-0.1, -0.05) is 23.9 Å². The standard InChI is InChI=1S/C16H16N4O2S/c1-21-14-7-3-12(4-8-14)11-23-16-17-19-20(18-16)13-5-9-15(22-2)10-6-13/h3-10H,11H2,1-2H3. The van der Waals surface area contributed by atoms with E-state index >= 15 is 0 Å². The molecule has 0 spiro atoms. The molecule has 6 nitrogen and oxygen atoms in total. The molecule has 0 aliphatic heterocycles. The van der Waals surface area contributed by atoms with Gasteiger partial charge in [0.05, 0.1) is 19.9 Å². The van der Waals surface area contributed by atoms with Gasteiger partial charge in [0.2, 0.25) is 5.16 Å². The Morgan fingerprint density at radius 1 is 0.913 bits per heavy atom. The Morgan fingerprint density at radius 2 is 1.52 bits per heavy atom. The molecule has 0 bridgehead atoms. The fraction of sp³-hybridized carbons (Fsp3) is 0.188. The third-order valence-electron chi connectivity index (χ3n) is 3.23. The smallest absolute Gasteiger partial charge is 0.231 e. The zero-order valence-electron chi connectivity index (χ0n) is 12.8. The normalized spacial score (nSPS) is 10.5. The van der Waals surface area contributed by atoms with Gasteiger partial charge in [0, 0.05) is 5.75 Å². The van der Waals surface area contributed by atoms with Crippen molar-refractivity contribution in [2.75, 3.05) is 14.2 Å². The third kappa shape index (κ3) is 3.81. The van der Waals surface area contributed by atoms with Gasteiger partial charge >= 0.3 is 0 Å². The molecule has 0 aliphatic carbocycles. The van der Waals surface area contributed by atoms with Crippen LogP contribution in [0.25, 0.3) is 5.69 Å². The quantitative estimate of drug-likeness (QED) is 0.648. The molecule has 7 heteroatoms. The molecule has 1 aromatic heterocycles. The van der Waals surface area contributed by atoms with Crippen molar-refractivity contribution in [3.8, 4) is 17.2 Å². The highest BCUT2D eigenvalue weighted by molar-refractivity contribution is 7.98. The van der Waals surface area contributed by atoms with E-state index in [1.165, 1.54) is 22.1 Å². The van der Waals surface area contributed by atoms with Gasteiger partial charge in [0.15, 0.2) is 0 Å². The van der Waals surface area contributed by atoms with Crippen LogP contribution in [0.2, 0.25) is 0 Å². The van der Waals surface area contributed by atoms with Crippen molar-refractivity contribution in [3.63, 3.8) is 0 Å². The summed E-state index contributed by atoms with van der Waals surface area (Å²) in [4.78, 5) is 1.51. The highest BCUT2D eigenvalue weighted by atomic mass is 32.2. The number of methoxy groups -OCH3 is 2. The Kier molecular flexibility index (Phi) is 4.77. The molecule has 3 aromatic rings. The van der Waals surface area contributed by atoms with Crippen LogP contribution >= 0.6 is 11.8 Å². The number of hydrogen-bond acceptors (Lipinski definition) is 6. The van der Waals surface area contributed by atoms with E-state index < -0.39 is 0 Å². The molecule has 3 rings (SSSR count). The van der Waals surface area contributed by atoms with Crippen LogP contribution in [0, 0.1) is 0 Å². The average molecular weight is 328 g/mol. The summed E-state index contributed by atoms with van der Waals surface area (Å²) >= 11 is 1.54. The van der Waals surface area contributed by atoms with E-state index in [0.29, 0.717) is 5.16 Å². The molecule has 0 fully saturated rings. The molecular weight excluding hydrogens is 312 g/mol. The van der Waals surface area contributed by atoms with Gasteiger partial charge in [-0.2, -0.15) is 0 Å². The van der Waals surface area contributed by atoms with Crippen molar-refractivity contribution in [3.05, 3.63) is 54.1 Å². The maximum Gasteiger partial charge on any atom is 0.231 e. The summed E-state index contributed by atoms with van der Waals surface area (Å²) in [6.45, 7) is 0. The Hall–Kier alpha value is -2.54. The molecule has 0 unspecified atom stereocenters. The maximum atomic E-state index is 5.15. The lowest BCUT2D eigenvalue weighted by molar-refractivity contribution is 0.414. The third-order valence-corrected chi connectivity index (χ3v) is 4.12. The minimum atomic E-state index is 0.636. The van der Waals surface area contributed by atoms with Gasteiger partial charge < -0.3 is 9.47 Å². The van der Waals surface area contributed by atoms with Gasteiger partial charge in [-0.25, -0.2) is 0 Å². The number of ether oxygens (including phenoxy) is 2. The van der Waals surface area contributed by atoms with Crippen LogP contribution in [0.15, 0.2) is 53.7 Å². The van der Waals surface area contributed by atoms with E-state index in [4.69, 9.17) is 9.47 Å². The highest BCUT2D eigenvalue weighted by Crippen LogP contribution is 2.21. The fourth-order valence-electron chi connectivity index (χ4n) is 1.95. The van der Waals surface area contributed by atoms with Gasteiger partial charge in [-0.15, -0.1) is 15.0 Å². The Labute approximate surface area is 138 Å². The Morgan fingerprint density at radius 3 is 2.13 bits per heavy atom. The van der Waals surface area contributed by atoms with E-state index in [1.807, 2.05) is 48.5 Å². The van der Waals surface area contributed by atoms with Crippen LogP contribution in [-0.4, -0.2) is 34.4 Å². The molecule has 2 aromatic carbocycles. The second kappa shape index (κ2) is 7.15. The summed E-state index contributed by atoms with van der Waals surface area (Å²) in [5, 5.41) is 13.2. The van der Waals surface area contributed by atoms with E-state index in [0.717, 1.165) is 22.9 Å². The van der Waals surface area contributed by atoms with Gasteiger partial charge in [0.25, 0.3) is 0 Å². The first-order valence-electron chi connectivity index (χ1n) is 6.98. The molecule has 0 N–H and O–H groups in total. The van der Waals surface area contributed by atoms with Crippen molar-refractivity contribution in [2.45, 2.75) is 10.9 Å². The van der Waals surface area contributed by atoms with Gasteiger partial charge in [0.1, 0.15) is 11.5 Å². The lowest BCUT2D eigenvalue weighted by Crippen LogP contribution is -1.98. The molecule has 0 atom stereocenters. The average Bonchev–Trinajstić information content (AvgIpc) is 3.09. The monoisotopic (exact) mass is 328 g/mol. The summed E-state index contributed by atoms with van der Waals surface area (Å²) in [5.74, 6) is 2.42. The van der Waals surface area contributed by atoms with Crippen LogP contribution in [0.1, 0.15) is 5.56 Å². The number of hydrogen-bond donors (Lipinski definition) is 0. The Bertz CT molecular complexity index is 757. The first-order valence-corrected chi connectivity index (χ1v) is 7.97. The van der Waals surface area contributed by atoms with Crippen molar-refractivity contribution < 1.29 is 9.47 Å². The summed E-state index contributed by atoms with van der Waals surface area (Å²) < 4.78 is 10.3. The molecule has 0 saturated heterocycles. The number of benzene rings is 2. The first-order chi connectivity index (χ1) is 11.3. The van der Waals surface area contributed by atoms with E-state index in [2.05, 4.69) is 15.4 Å². The number of rotatable bonds is 6. The largest absolute Gasteiger partial charge is 0.497 e. The van der Waals surface area contributed by atoms with E-state index in [9.17, 15) is 0 Å². The summed E-state index contributed by atoms with van der Waals surface area (Å²) in [5.41, 5.74) is 2.02. The molecule has 0 amide bonds. The summed E-state index contributed by atoms with van der Waals surface area (Å²) in [6, 6.07) is 15.4. The second-order valence-electron chi connectivity index (χ2n) is 4.70. The van der Waals surface area contributed by atoms with E-state index in [-0.39, 0.29) is 0 Å². The zero-order chi connectivity index (χ0) is 16.1. The lowest BCUT2D eigenvalue weighted by Gasteiger charge is -2.02. The predicted molar refractivity (Wildman–Crippen MR) is 88.3 cm³/mol. The molecule has 0 saturated carbocycles. The molecule has 0 radical (unpaired) electrons. The van der Waals surface area contributed by atoms with Crippen molar-refractivity contribution >= 4 is 11.8 Å². The first kappa shape index (κ1) is 15.4. The lowest BCUT2D eigenvalue weighted by atomic mass is 10.2. The van der Waals surface area contributed by atoms with Gasteiger partial charge in [-0.05, 0) is 47.2 Å². The molecule has 0 aliphatic rings. The van der Waals surface area contributed by atoms with Crippen LogP contribution in [-0.2, 0) is 5.75 Å². The number of thioether (sulfide) groups is 1. The molecular formula is C16H16N4O2S.